The summed E-state index contributed by atoms with van der Waals surface area (Å²) in [6.45, 7) is 4.96. The minimum absolute atomic E-state index is 0.0666. The fourth-order valence-electron chi connectivity index (χ4n) is 3.20. The van der Waals surface area contributed by atoms with Gasteiger partial charge in [-0.2, -0.15) is 5.26 Å². The minimum Gasteiger partial charge on any atom is -0.352 e. The largest absolute Gasteiger partial charge is 0.352 e. The van der Waals surface area contributed by atoms with Gasteiger partial charge in [-0.15, -0.1) is 10.2 Å². The smallest absolute Gasteiger partial charge is 0.220 e. The van der Waals surface area contributed by atoms with E-state index in [4.69, 9.17) is 5.26 Å². The lowest BCUT2D eigenvalue weighted by Gasteiger charge is -2.26. The third-order valence-corrected chi connectivity index (χ3v) is 4.58. The summed E-state index contributed by atoms with van der Waals surface area (Å²) in [4.78, 5) is 12.3. The van der Waals surface area contributed by atoms with Gasteiger partial charge in [0.25, 0.3) is 0 Å². The molecule has 0 saturated heterocycles. The summed E-state index contributed by atoms with van der Waals surface area (Å²) in [5, 5.41) is 20.5. The Kier molecular flexibility index (Phi) is 5.13. The number of carbonyl (C=O) groups is 1. The summed E-state index contributed by atoms with van der Waals surface area (Å²) in [7, 11) is 0. The van der Waals surface area contributed by atoms with E-state index in [9.17, 15) is 4.79 Å². The van der Waals surface area contributed by atoms with Crippen LogP contribution in [0.2, 0.25) is 0 Å². The molecule has 2 heterocycles. The number of aromatic nitrogens is 3. The van der Waals surface area contributed by atoms with Crippen LogP contribution in [0.15, 0.2) is 24.3 Å². The maximum absolute atomic E-state index is 12.3. The van der Waals surface area contributed by atoms with Gasteiger partial charge in [-0.05, 0) is 30.5 Å². The fraction of sp³-hybridized carbons (Fsp3) is 0.474. The second-order valence-corrected chi connectivity index (χ2v) is 6.85. The zero-order valence-electron chi connectivity index (χ0n) is 14.7. The fourth-order valence-corrected chi connectivity index (χ4v) is 3.20. The lowest BCUT2D eigenvalue weighted by Crippen LogP contribution is -2.41. The third kappa shape index (κ3) is 4.05. The molecule has 0 unspecified atom stereocenters. The Morgan fingerprint density at radius 2 is 2.12 bits per heavy atom. The van der Waals surface area contributed by atoms with Crippen LogP contribution < -0.4 is 5.32 Å². The molecule has 0 bridgehead atoms. The van der Waals surface area contributed by atoms with Gasteiger partial charge in [0.15, 0.2) is 0 Å². The van der Waals surface area contributed by atoms with Crippen molar-refractivity contribution in [3.8, 4) is 6.07 Å². The second kappa shape index (κ2) is 7.47. The zero-order chi connectivity index (χ0) is 17.8. The molecule has 0 aliphatic carbocycles. The van der Waals surface area contributed by atoms with E-state index < -0.39 is 0 Å². The highest BCUT2D eigenvalue weighted by atomic mass is 16.1. The van der Waals surface area contributed by atoms with E-state index in [0.717, 1.165) is 36.6 Å². The average Bonchev–Trinajstić information content (AvgIpc) is 3.04. The molecule has 1 amide bonds. The van der Waals surface area contributed by atoms with Crippen molar-refractivity contribution in [2.24, 2.45) is 0 Å². The second-order valence-electron chi connectivity index (χ2n) is 6.85. The van der Waals surface area contributed by atoms with Crippen molar-refractivity contribution in [3.05, 3.63) is 47.0 Å². The number of amides is 1. The lowest BCUT2D eigenvalue weighted by molar-refractivity contribution is -0.122. The number of aryl methyl sites for hydroxylation is 2. The average molecular weight is 337 g/mol. The quantitative estimate of drug-likeness (QED) is 0.907. The number of nitrogens with zero attached hydrogens (tertiary/aromatic N) is 4. The summed E-state index contributed by atoms with van der Waals surface area (Å²) in [6, 6.07) is 9.62. The Morgan fingerprint density at radius 1 is 1.36 bits per heavy atom. The van der Waals surface area contributed by atoms with Gasteiger partial charge >= 0.3 is 0 Å². The molecular formula is C19H23N5O. The first-order valence-electron chi connectivity index (χ1n) is 8.77. The summed E-state index contributed by atoms with van der Waals surface area (Å²) < 4.78 is 2.15. The van der Waals surface area contributed by atoms with Crippen LogP contribution in [0.3, 0.4) is 0 Å². The van der Waals surface area contributed by atoms with E-state index in [1.54, 1.807) is 12.1 Å². The van der Waals surface area contributed by atoms with Crippen molar-refractivity contribution in [3.63, 3.8) is 0 Å². The van der Waals surface area contributed by atoms with Crippen LogP contribution in [0.1, 0.15) is 55.4 Å². The molecule has 2 aromatic rings. The number of benzene rings is 1. The third-order valence-electron chi connectivity index (χ3n) is 4.58. The van der Waals surface area contributed by atoms with Crippen LogP contribution >= 0.6 is 0 Å². The molecule has 0 radical (unpaired) electrons. The van der Waals surface area contributed by atoms with Crippen molar-refractivity contribution >= 4 is 5.91 Å². The standard InChI is InChI=1S/C19H23N5O/c1-13(2)19-23-22-17-9-8-16(12-24(17)19)21-18(25)10-7-14-3-5-15(11-20)6-4-14/h3-6,13,16H,7-10,12H2,1-2H3,(H,21,25)/t16-/m1/s1. The van der Waals surface area contributed by atoms with Crippen LogP contribution in [-0.2, 0) is 24.2 Å². The van der Waals surface area contributed by atoms with Crippen LogP contribution in [-0.4, -0.2) is 26.7 Å². The molecule has 25 heavy (non-hydrogen) atoms. The topological polar surface area (TPSA) is 83.6 Å². The molecule has 0 saturated carbocycles. The van der Waals surface area contributed by atoms with Gasteiger partial charge in [0, 0.05) is 31.3 Å². The van der Waals surface area contributed by atoms with Crippen molar-refractivity contribution in [2.75, 3.05) is 0 Å². The van der Waals surface area contributed by atoms with Gasteiger partial charge in [0.1, 0.15) is 11.6 Å². The maximum Gasteiger partial charge on any atom is 0.220 e. The van der Waals surface area contributed by atoms with Gasteiger partial charge in [0.2, 0.25) is 5.91 Å². The SMILES string of the molecule is CC(C)c1nnc2n1C[C@H](NC(=O)CCc1ccc(C#N)cc1)CC2. The van der Waals surface area contributed by atoms with E-state index in [0.29, 0.717) is 24.3 Å². The van der Waals surface area contributed by atoms with Crippen molar-refractivity contribution in [1.29, 1.82) is 5.26 Å². The van der Waals surface area contributed by atoms with E-state index in [-0.39, 0.29) is 11.9 Å². The molecule has 1 aliphatic rings. The molecule has 1 N–H and O–H groups in total. The number of fused-ring (bicyclic) bond motifs is 1. The number of carbonyl (C=O) groups excluding carboxylic acids is 1. The summed E-state index contributed by atoms with van der Waals surface area (Å²) in [5.41, 5.74) is 1.71. The number of hydrogen-bond acceptors (Lipinski definition) is 4. The molecule has 1 aromatic carbocycles. The maximum atomic E-state index is 12.3. The monoisotopic (exact) mass is 337 g/mol. The zero-order valence-corrected chi connectivity index (χ0v) is 14.7. The molecule has 0 fully saturated rings. The predicted molar refractivity (Wildman–Crippen MR) is 93.8 cm³/mol. The summed E-state index contributed by atoms with van der Waals surface area (Å²) >= 11 is 0. The number of hydrogen-bond donors (Lipinski definition) is 1. The molecule has 6 nitrogen and oxygen atoms in total. The Hall–Kier alpha value is -2.68. The molecule has 0 spiro atoms. The lowest BCUT2D eigenvalue weighted by atomic mass is 10.0. The first kappa shape index (κ1) is 17.2. The molecule has 3 rings (SSSR count). The number of nitriles is 1. The molecular weight excluding hydrogens is 314 g/mol. The predicted octanol–water partition coefficient (Wildman–Crippen LogP) is 2.34. The molecule has 1 aliphatic heterocycles. The highest BCUT2D eigenvalue weighted by Crippen LogP contribution is 2.20. The van der Waals surface area contributed by atoms with Crippen LogP contribution in [0.4, 0.5) is 0 Å². The molecule has 1 aromatic heterocycles. The first-order valence-corrected chi connectivity index (χ1v) is 8.77. The van der Waals surface area contributed by atoms with Crippen LogP contribution in [0.5, 0.6) is 0 Å². The van der Waals surface area contributed by atoms with Crippen LogP contribution in [0, 0.1) is 11.3 Å². The Bertz CT molecular complexity index is 785. The Morgan fingerprint density at radius 3 is 2.80 bits per heavy atom. The number of rotatable bonds is 5. The Labute approximate surface area is 147 Å². The highest BCUT2D eigenvalue weighted by molar-refractivity contribution is 5.76. The number of nitrogens with one attached hydrogen (secondary N) is 1. The van der Waals surface area contributed by atoms with Gasteiger partial charge in [-0.1, -0.05) is 26.0 Å². The molecule has 6 heteroatoms. The van der Waals surface area contributed by atoms with E-state index in [1.807, 2.05) is 12.1 Å². The van der Waals surface area contributed by atoms with E-state index >= 15 is 0 Å². The first-order chi connectivity index (χ1) is 12.1. The highest BCUT2D eigenvalue weighted by Gasteiger charge is 2.24. The van der Waals surface area contributed by atoms with Gasteiger partial charge in [0.05, 0.1) is 11.6 Å². The van der Waals surface area contributed by atoms with Crippen LogP contribution in [0.25, 0.3) is 0 Å². The van der Waals surface area contributed by atoms with Crippen molar-refractivity contribution < 1.29 is 4.79 Å². The normalized spacial score (nSPS) is 16.3. The van der Waals surface area contributed by atoms with Gasteiger partial charge in [-0.25, -0.2) is 0 Å². The Balaban J connectivity index is 1.53. The van der Waals surface area contributed by atoms with Gasteiger partial charge < -0.3 is 9.88 Å². The molecule has 130 valence electrons. The van der Waals surface area contributed by atoms with Crippen molar-refractivity contribution in [2.45, 2.75) is 58.0 Å². The van der Waals surface area contributed by atoms with E-state index in [2.05, 4.69) is 40.0 Å². The minimum atomic E-state index is 0.0666. The summed E-state index contributed by atoms with van der Waals surface area (Å²) in [6.07, 6.45) is 2.88. The van der Waals surface area contributed by atoms with Gasteiger partial charge in [-0.3, -0.25) is 4.79 Å². The van der Waals surface area contributed by atoms with Crippen molar-refractivity contribution in [1.82, 2.24) is 20.1 Å². The molecule has 1 atom stereocenters. The summed E-state index contributed by atoms with van der Waals surface area (Å²) in [5.74, 6) is 2.40. The van der Waals surface area contributed by atoms with E-state index in [1.165, 1.54) is 0 Å².